The Morgan fingerprint density at radius 2 is 1.67 bits per heavy atom. The van der Waals surface area contributed by atoms with E-state index in [1.54, 1.807) is 10.5 Å². The van der Waals surface area contributed by atoms with Crippen molar-refractivity contribution < 1.29 is 9.18 Å². The predicted molar refractivity (Wildman–Crippen MR) is 107 cm³/mol. The molecule has 3 rings (SSSR count). The normalized spacial score (nSPS) is 18.0. The molecule has 0 spiro atoms. The van der Waals surface area contributed by atoms with Gasteiger partial charge in [0.25, 0.3) is 5.91 Å². The van der Waals surface area contributed by atoms with Crippen LogP contribution in [0.3, 0.4) is 0 Å². The highest BCUT2D eigenvalue weighted by molar-refractivity contribution is 5.95. The van der Waals surface area contributed by atoms with Crippen molar-refractivity contribution in [3.05, 3.63) is 35.5 Å². The highest BCUT2D eigenvalue weighted by Crippen LogP contribution is 2.19. The van der Waals surface area contributed by atoms with Crippen LogP contribution in [-0.2, 0) is 6.42 Å². The zero-order valence-corrected chi connectivity index (χ0v) is 16.5. The summed E-state index contributed by atoms with van der Waals surface area (Å²) in [6.07, 6.45) is 15.5. The van der Waals surface area contributed by atoms with Gasteiger partial charge in [-0.15, -0.1) is 0 Å². The fraction of sp³-hybridized carbons (Fsp3) is 0.636. The van der Waals surface area contributed by atoms with Gasteiger partial charge in [0.05, 0.1) is 5.69 Å². The van der Waals surface area contributed by atoms with Gasteiger partial charge < -0.3 is 5.32 Å². The Balaban J connectivity index is 1.74. The molecule has 148 valence electrons. The number of nitrogens with one attached hydrogen (secondary N) is 1. The van der Waals surface area contributed by atoms with Gasteiger partial charge in [-0.05, 0) is 31.4 Å². The number of carbonyl (C=O) groups is 1. The van der Waals surface area contributed by atoms with Crippen LogP contribution >= 0.6 is 0 Å². The van der Waals surface area contributed by atoms with Crippen LogP contribution < -0.4 is 5.32 Å². The quantitative estimate of drug-likeness (QED) is 0.779. The van der Waals surface area contributed by atoms with E-state index in [0.29, 0.717) is 17.8 Å². The lowest BCUT2D eigenvalue weighted by atomic mass is 9.98. The van der Waals surface area contributed by atoms with Crippen LogP contribution in [0.1, 0.15) is 93.7 Å². The SMILES string of the molecule is CCc1nc2ccc(F)cn2c1C(=O)NC1CCCCCCCCCCC1. The molecular weight excluding hydrogens is 341 g/mol. The molecule has 0 unspecified atom stereocenters. The second kappa shape index (κ2) is 9.86. The average molecular weight is 374 g/mol. The van der Waals surface area contributed by atoms with Gasteiger partial charge in [0.2, 0.25) is 0 Å². The van der Waals surface area contributed by atoms with Gasteiger partial charge >= 0.3 is 0 Å². The molecule has 1 aliphatic carbocycles. The van der Waals surface area contributed by atoms with Gasteiger partial charge in [0, 0.05) is 12.2 Å². The van der Waals surface area contributed by atoms with E-state index in [1.165, 1.54) is 57.2 Å². The highest BCUT2D eigenvalue weighted by Gasteiger charge is 2.21. The zero-order valence-electron chi connectivity index (χ0n) is 16.5. The molecule has 2 heterocycles. The Morgan fingerprint density at radius 3 is 2.26 bits per heavy atom. The number of hydrogen-bond acceptors (Lipinski definition) is 2. The minimum Gasteiger partial charge on any atom is -0.348 e. The molecule has 0 aromatic carbocycles. The molecule has 0 bridgehead atoms. The standard InChI is InChI=1S/C22H32FN3O/c1-2-19-21(26-16-17(23)14-15-20(26)25-19)22(27)24-18-12-10-8-6-4-3-5-7-9-11-13-18/h14-16,18H,2-13H2,1H3,(H,24,27). The fourth-order valence-electron chi connectivity index (χ4n) is 4.12. The first-order valence-electron chi connectivity index (χ1n) is 10.7. The van der Waals surface area contributed by atoms with Crippen molar-refractivity contribution in [2.45, 2.75) is 90.0 Å². The number of rotatable bonds is 3. The van der Waals surface area contributed by atoms with Crippen LogP contribution in [0.15, 0.2) is 18.3 Å². The first kappa shape index (κ1) is 19.8. The maximum Gasteiger partial charge on any atom is 0.270 e. The minimum absolute atomic E-state index is 0.123. The second-order valence-corrected chi connectivity index (χ2v) is 7.77. The van der Waals surface area contributed by atoms with Crippen LogP contribution in [0.25, 0.3) is 5.65 Å². The molecule has 27 heavy (non-hydrogen) atoms. The number of amides is 1. The Hall–Kier alpha value is -1.91. The number of nitrogens with zero attached hydrogens (tertiary/aromatic N) is 2. The minimum atomic E-state index is -0.359. The van der Waals surface area contributed by atoms with E-state index in [0.717, 1.165) is 31.4 Å². The first-order chi connectivity index (χ1) is 13.2. The van der Waals surface area contributed by atoms with Gasteiger partial charge in [-0.25, -0.2) is 9.37 Å². The van der Waals surface area contributed by atoms with Crippen molar-refractivity contribution >= 4 is 11.6 Å². The molecule has 1 aliphatic rings. The third-order valence-corrected chi connectivity index (χ3v) is 5.64. The van der Waals surface area contributed by atoms with Gasteiger partial charge in [-0.2, -0.15) is 0 Å². The van der Waals surface area contributed by atoms with E-state index in [9.17, 15) is 9.18 Å². The molecule has 0 atom stereocenters. The summed E-state index contributed by atoms with van der Waals surface area (Å²) in [4.78, 5) is 17.6. The van der Waals surface area contributed by atoms with E-state index in [1.807, 2.05) is 6.92 Å². The molecule has 4 nitrogen and oxygen atoms in total. The van der Waals surface area contributed by atoms with E-state index in [4.69, 9.17) is 0 Å². The monoisotopic (exact) mass is 373 g/mol. The molecule has 1 fully saturated rings. The van der Waals surface area contributed by atoms with Crippen LogP contribution in [0, 0.1) is 5.82 Å². The lowest BCUT2D eigenvalue weighted by Crippen LogP contribution is -2.36. The number of carbonyl (C=O) groups excluding carboxylic acids is 1. The Bertz CT molecular complexity index is 743. The maximum absolute atomic E-state index is 13.7. The van der Waals surface area contributed by atoms with Crippen molar-refractivity contribution in [1.29, 1.82) is 0 Å². The molecule has 0 aliphatic heterocycles. The summed E-state index contributed by atoms with van der Waals surface area (Å²) >= 11 is 0. The van der Waals surface area contributed by atoms with Crippen molar-refractivity contribution in [2.24, 2.45) is 0 Å². The Kier molecular flexibility index (Phi) is 7.25. The van der Waals surface area contributed by atoms with Crippen LogP contribution in [0.4, 0.5) is 4.39 Å². The summed E-state index contributed by atoms with van der Waals surface area (Å²) in [7, 11) is 0. The van der Waals surface area contributed by atoms with E-state index in [2.05, 4.69) is 10.3 Å². The summed E-state index contributed by atoms with van der Waals surface area (Å²) in [6, 6.07) is 3.21. The molecule has 0 radical (unpaired) electrons. The second-order valence-electron chi connectivity index (χ2n) is 7.77. The summed E-state index contributed by atoms with van der Waals surface area (Å²) in [5, 5.41) is 3.24. The first-order valence-corrected chi connectivity index (χ1v) is 10.7. The van der Waals surface area contributed by atoms with Crippen LogP contribution in [-0.4, -0.2) is 21.3 Å². The molecule has 1 saturated carbocycles. The van der Waals surface area contributed by atoms with E-state index < -0.39 is 0 Å². The fourth-order valence-corrected chi connectivity index (χ4v) is 4.12. The molecular formula is C22H32FN3O. The maximum atomic E-state index is 13.7. The number of hydrogen-bond donors (Lipinski definition) is 1. The summed E-state index contributed by atoms with van der Waals surface area (Å²) in [6.45, 7) is 1.98. The number of aromatic nitrogens is 2. The molecule has 2 aromatic heterocycles. The average Bonchev–Trinajstić information content (AvgIpc) is 3.01. The van der Waals surface area contributed by atoms with Gasteiger partial charge in [0.1, 0.15) is 17.2 Å². The van der Waals surface area contributed by atoms with Gasteiger partial charge in [-0.1, -0.05) is 64.7 Å². The third kappa shape index (κ3) is 5.30. The lowest BCUT2D eigenvalue weighted by Gasteiger charge is -2.20. The van der Waals surface area contributed by atoms with Crippen molar-refractivity contribution in [2.75, 3.05) is 0 Å². The number of aryl methyl sites for hydroxylation is 1. The van der Waals surface area contributed by atoms with Crippen molar-refractivity contribution in [1.82, 2.24) is 14.7 Å². The van der Waals surface area contributed by atoms with Crippen molar-refractivity contribution in [3.63, 3.8) is 0 Å². The van der Waals surface area contributed by atoms with Crippen LogP contribution in [0.5, 0.6) is 0 Å². The molecule has 2 aromatic rings. The summed E-state index contributed by atoms with van der Waals surface area (Å²) in [5.74, 6) is -0.482. The largest absolute Gasteiger partial charge is 0.348 e. The smallest absolute Gasteiger partial charge is 0.270 e. The highest BCUT2D eigenvalue weighted by atomic mass is 19.1. The van der Waals surface area contributed by atoms with Crippen LogP contribution in [0.2, 0.25) is 0 Å². The molecule has 1 N–H and O–H groups in total. The molecule has 5 heteroatoms. The van der Waals surface area contributed by atoms with E-state index in [-0.39, 0.29) is 17.8 Å². The van der Waals surface area contributed by atoms with Gasteiger partial charge in [-0.3, -0.25) is 9.20 Å². The summed E-state index contributed by atoms with van der Waals surface area (Å²) < 4.78 is 15.3. The number of imidazole rings is 1. The molecule has 0 saturated heterocycles. The predicted octanol–water partition coefficient (Wildman–Crippen LogP) is 5.44. The number of pyridine rings is 1. The number of fused-ring (bicyclic) bond motifs is 1. The Labute approximate surface area is 161 Å². The summed E-state index contributed by atoms with van der Waals surface area (Å²) in [5.41, 5.74) is 1.83. The molecule has 1 amide bonds. The topological polar surface area (TPSA) is 46.4 Å². The van der Waals surface area contributed by atoms with E-state index >= 15 is 0 Å². The van der Waals surface area contributed by atoms with Gasteiger partial charge in [0.15, 0.2) is 0 Å². The Morgan fingerprint density at radius 1 is 1.07 bits per heavy atom. The number of halogens is 1. The lowest BCUT2D eigenvalue weighted by molar-refractivity contribution is 0.0924. The zero-order chi connectivity index (χ0) is 19.1. The van der Waals surface area contributed by atoms with Crippen molar-refractivity contribution in [3.8, 4) is 0 Å². The third-order valence-electron chi connectivity index (χ3n) is 5.64.